The second-order valence-corrected chi connectivity index (χ2v) is 6.60. The summed E-state index contributed by atoms with van der Waals surface area (Å²) >= 11 is 0. The third-order valence-electron chi connectivity index (χ3n) is 3.34. The van der Waals surface area contributed by atoms with Crippen molar-refractivity contribution in [2.24, 2.45) is 0 Å². The summed E-state index contributed by atoms with van der Waals surface area (Å²) < 4.78 is 25.3. The van der Waals surface area contributed by atoms with Crippen molar-refractivity contribution in [3.05, 3.63) is 90.3 Å². The molecule has 1 aromatic heterocycles. The lowest BCUT2D eigenvalue weighted by Crippen LogP contribution is -2.05. The SMILES string of the molecule is CC(=O)Nc1cccc(C=O)c1.CC(=O)Nc1cccc(CO)c1.O=S(=O)=O.c1ccncc1. The van der Waals surface area contributed by atoms with E-state index in [1.807, 2.05) is 18.2 Å². The Kier molecular flexibility index (Phi) is 16.1. The Labute approximate surface area is 198 Å². The minimum Gasteiger partial charge on any atom is -0.392 e. The van der Waals surface area contributed by atoms with Gasteiger partial charge in [-0.05, 0) is 42.0 Å². The van der Waals surface area contributed by atoms with Crippen molar-refractivity contribution in [1.82, 2.24) is 4.98 Å². The van der Waals surface area contributed by atoms with Crippen molar-refractivity contribution in [3.63, 3.8) is 0 Å². The fourth-order valence-corrected chi connectivity index (χ4v) is 2.16. The van der Waals surface area contributed by atoms with Gasteiger partial charge < -0.3 is 15.7 Å². The van der Waals surface area contributed by atoms with Gasteiger partial charge in [0.15, 0.2) is 0 Å². The molecule has 1 heterocycles. The van der Waals surface area contributed by atoms with Gasteiger partial charge in [-0.25, -0.2) is 0 Å². The standard InChI is InChI=1S/C9H11NO2.C9H9NO2.C5H5N.O3S/c2*1-7(12)10-9-4-2-3-8(5-9)6-11;1-2-4-6-5-3-1;1-4(2)3/h2-5,11H,6H2,1H3,(H,10,12);2-6H,1H3,(H,10,12);1-5H;. The molecule has 0 saturated heterocycles. The van der Waals surface area contributed by atoms with E-state index < -0.39 is 10.6 Å². The molecule has 11 heteroatoms. The number of carbonyl (C=O) groups excluding carboxylic acids is 3. The summed E-state index contributed by atoms with van der Waals surface area (Å²) in [6.45, 7) is 2.87. The van der Waals surface area contributed by atoms with Crippen LogP contribution in [0.5, 0.6) is 0 Å². The molecule has 0 aliphatic rings. The van der Waals surface area contributed by atoms with E-state index in [4.69, 9.17) is 17.7 Å². The van der Waals surface area contributed by atoms with Crippen molar-refractivity contribution in [3.8, 4) is 0 Å². The van der Waals surface area contributed by atoms with E-state index in [0.717, 1.165) is 11.8 Å². The minimum atomic E-state index is -3.11. The van der Waals surface area contributed by atoms with Gasteiger partial charge in [-0.1, -0.05) is 30.3 Å². The highest BCUT2D eigenvalue weighted by Gasteiger charge is 1.96. The monoisotopic (exact) mass is 487 g/mol. The van der Waals surface area contributed by atoms with Crippen LogP contribution < -0.4 is 10.6 Å². The zero-order valence-electron chi connectivity index (χ0n) is 18.5. The second kappa shape index (κ2) is 18.4. The molecule has 0 atom stereocenters. The Morgan fingerprint density at radius 2 is 1.35 bits per heavy atom. The Morgan fingerprint density at radius 3 is 1.74 bits per heavy atom. The van der Waals surface area contributed by atoms with Crippen molar-refractivity contribution in [2.45, 2.75) is 20.5 Å². The molecule has 34 heavy (non-hydrogen) atoms. The van der Waals surface area contributed by atoms with Crippen LogP contribution in [0, 0.1) is 0 Å². The average Bonchev–Trinajstić information content (AvgIpc) is 2.80. The Bertz CT molecular complexity index is 1110. The fraction of sp³-hybridized carbons (Fsp3) is 0.130. The number of aldehydes is 1. The number of hydrogen-bond acceptors (Lipinski definition) is 8. The predicted molar refractivity (Wildman–Crippen MR) is 127 cm³/mol. The lowest BCUT2D eigenvalue weighted by molar-refractivity contribution is -0.115. The maximum atomic E-state index is 10.6. The number of aliphatic hydroxyl groups is 1. The number of aliphatic hydroxyl groups excluding tert-OH is 1. The van der Waals surface area contributed by atoms with Gasteiger partial charge in [-0.3, -0.25) is 19.4 Å². The van der Waals surface area contributed by atoms with E-state index in [-0.39, 0.29) is 18.4 Å². The summed E-state index contributed by atoms with van der Waals surface area (Å²) in [5, 5.41) is 14.0. The molecule has 2 aromatic carbocycles. The first-order valence-corrected chi connectivity index (χ1v) is 10.6. The molecule has 0 bridgehead atoms. The van der Waals surface area contributed by atoms with Crippen LogP contribution in [0.2, 0.25) is 0 Å². The molecule has 10 nitrogen and oxygen atoms in total. The van der Waals surface area contributed by atoms with Gasteiger partial charge in [0.25, 0.3) is 0 Å². The predicted octanol–water partition coefficient (Wildman–Crippen LogP) is 2.67. The van der Waals surface area contributed by atoms with Crippen LogP contribution in [0.25, 0.3) is 0 Å². The van der Waals surface area contributed by atoms with Gasteiger partial charge in [0.05, 0.1) is 6.61 Å². The number of rotatable bonds is 4. The van der Waals surface area contributed by atoms with Crippen LogP contribution in [0.15, 0.2) is 79.1 Å². The molecule has 180 valence electrons. The number of aromatic nitrogens is 1. The summed E-state index contributed by atoms with van der Waals surface area (Å²) in [6, 6.07) is 19.6. The molecule has 3 rings (SSSR count). The average molecular weight is 488 g/mol. The molecule has 0 saturated carbocycles. The van der Waals surface area contributed by atoms with Crippen LogP contribution in [0.4, 0.5) is 11.4 Å². The molecule has 0 radical (unpaired) electrons. The first kappa shape index (κ1) is 29.8. The van der Waals surface area contributed by atoms with Crippen molar-refractivity contribution in [2.75, 3.05) is 10.6 Å². The number of pyridine rings is 1. The number of benzene rings is 2. The van der Waals surface area contributed by atoms with Crippen LogP contribution in [-0.4, -0.2) is 40.8 Å². The van der Waals surface area contributed by atoms with Gasteiger partial charge >= 0.3 is 10.6 Å². The molecule has 3 aromatic rings. The molecule has 0 fully saturated rings. The van der Waals surface area contributed by atoms with Gasteiger partial charge in [0.2, 0.25) is 11.8 Å². The minimum absolute atomic E-state index is 0.00652. The van der Waals surface area contributed by atoms with E-state index in [0.29, 0.717) is 16.9 Å². The molecule has 0 aliphatic carbocycles. The maximum absolute atomic E-state index is 10.6. The molecule has 0 unspecified atom stereocenters. The summed E-state index contributed by atoms with van der Waals surface area (Å²) in [7, 11) is -3.11. The van der Waals surface area contributed by atoms with Crippen LogP contribution >= 0.6 is 0 Å². The molecule has 3 N–H and O–H groups in total. The summed E-state index contributed by atoms with van der Waals surface area (Å²) in [5.41, 5.74) is 2.71. The van der Waals surface area contributed by atoms with E-state index >= 15 is 0 Å². The Morgan fingerprint density at radius 1 is 0.853 bits per heavy atom. The van der Waals surface area contributed by atoms with Gasteiger partial charge in [-0.2, -0.15) is 0 Å². The van der Waals surface area contributed by atoms with Crippen LogP contribution in [-0.2, 0) is 26.8 Å². The summed E-state index contributed by atoms with van der Waals surface area (Å²) in [6.07, 6.45) is 4.24. The summed E-state index contributed by atoms with van der Waals surface area (Å²) in [5.74, 6) is -0.247. The first-order valence-electron chi connectivity index (χ1n) is 9.59. The molecular weight excluding hydrogens is 462 g/mol. The largest absolute Gasteiger partial charge is 0.425 e. The molecular formula is C23H25N3O7S. The number of nitrogens with zero attached hydrogens (tertiary/aromatic N) is 1. The Balaban J connectivity index is 0.000000464. The lowest BCUT2D eigenvalue weighted by atomic mass is 10.2. The topological polar surface area (TPSA) is 160 Å². The lowest BCUT2D eigenvalue weighted by Gasteiger charge is -2.02. The Hall–Kier alpha value is -4.22. The highest BCUT2D eigenvalue weighted by atomic mass is 32.2. The number of anilines is 2. The quantitative estimate of drug-likeness (QED) is 0.474. The third-order valence-corrected chi connectivity index (χ3v) is 3.34. The second-order valence-electron chi connectivity index (χ2n) is 6.19. The first-order chi connectivity index (χ1) is 16.2. The highest BCUT2D eigenvalue weighted by molar-refractivity contribution is 7.59. The third kappa shape index (κ3) is 17.5. The smallest absolute Gasteiger partial charge is 0.392 e. The van der Waals surface area contributed by atoms with Gasteiger partial charge in [0.1, 0.15) is 6.29 Å². The summed E-state index contributed by atoms with van der Waals surface area (Å²) in [4.78, 5) is 35.4. The van der Waals surface area contributed by atoms with Gasteiger partial charge in [-0.15, -0.1) is 12.6 Å². The number of hydrogen-bond donors (Lipinski definition) is 3. The highest BCUT2D eigenvalue weighted by Crippen LogP contribution is 2.10. The van der Waals surface area contributed by atoms with Crippen molar-refractivity contribution in [1.29, 1.82) is 0 Å². The molecule has 2 amide bonds. The molecule has 0 aliphatic heterocycles. The zero-order chi connectivity index (χ0) is 25.8. The molecule has 0 spiro atoms. The van der Waals surface area contributed by atoms with Crippen LogP contribution in [0.1, 0.15) is 29.8 Å². The van der Waals surface area contributed by atoms with Crippen LogP contribution in [0.3, 0.4) is 0 Å². The van der Waals surface area contributed by atoms with E-state index in [1.165, 1.54) is 13.8 Å². The van der Waals surface area contributed by atoms with Crippen molar-refractivity contribution < 1.29 is 32.1 Å². The van der Waals surface area contributed by atoms with Gasteiger partial charge in [0, 0.05) is 43.2 Å². The number of nitrogens with one attached hydrogen (secondary N) is 2. The number of carbonyl (C=O) groups is 3. The van der Waals surface area contributed by atoms with E-state index in [9.17, 15) is 14.4 Å². The van der Waals surface area contributed by atoms with Crippen molar-refractivity contribution >= 4 is 40.1 Å². The normalized spacial score (nSPS) is 8.68. The van der Waals surface area contributed by atoms with E-state index in [2.05, 4.69) is 15.6 Å². The maximum Gasteiger partial charge on any atom is 0.425 e. The zero-order valence-corrected chi connectivity index (χ0v) is 19.4. The number of amides is 2. The van der Waals surface area contributed by atoms with E-state index in [1.54, 1.807) is 60.9 Å². The fourth-order valence-electron chi connectivity index (χ4n) is 2.16.